The summed E-state index contributed by atoms with van der Waals surface area (Å²) in [6.45, 7) is 6.27. The van der Waals surface area contributed by atoms with Gasteiger partial charge >= 0.3 is 0 Å². The van der Waals surface area contributed by atoms with Crippen molar-refractivity contribution in [3.63, 3.8) is 0 Å². The zero-order valence-electron chi connectivity index (χ0n) is 11.6. The molecule has 1 fully saturated rings. The lowest BCUT2D eigenvalue weighted by molar-refractivity contribution is 0.117. The average molecular weight is 263 g/mol. The van der Waals surface area contributed by atoms with Gasteiger partial charge in [-0.2, -0.15) is 0 Å². The third kappa shape index (κ3) is 3.32. The Morgan fingerprint density at radius 2 is 2.16 bits per heavy atom. The Labute approximate surface area is 114 Å². The predicted octanol–water partition coefficient (Wildman–Crippen LogP) is 2.73. The van der Waals surface area contributed by atoms with Crippen LogP contribution in [0.2, 0.25) is 0 Å². The van der Waals surface area contributed by atoms with Gasteiger partial charge in [-0.3, -0.25) is 10.3 Å². The number of benzene rings is 1. The number of rotatable bonds is 3. The molecular weight excluding hydrogens is 241 g/mol. The van der Waals surface area contributed by atoms with Crippen molar-refractivity contribution in [1.29, 1.82) is 5.41 Å². The van der Waals surface area contributed by atoms with Crippen molar-refractivity contribution in [2.45, 2.75) is 39.3 Å². The molecule has 1 aromatic carbocycles. The molecule has 1 aliphatic rings. The van der Waals surface area contributed by atoms with Crippen LogP contribution in [0, 0.1) is 17.1 Å². The zero-order valence-corrected chi connectivity index (χ0v) is 11.6. The Kier molecular flexibility index (Phi) is 4.20. The summed E-state index contributed by atoms with van der Waals surface area (Å²) in [5, 5.41) is 7.57. The Balaban J connectivity index is 2.20. The maximum Gasteiger partial charge on any atom is 0.123 e. The van der Waals surface area contributed by atoms with Gasteiger partial charge in [0.1, 0.15) is 11.7 Å². The predicted molar refractivity (Wildman–Crippen MR) is 75.7 cm³/mol. The van der Waals surface area contributed by atoms with E-state index >= 15 is 0 Å². The van der Waals surface area contributed by atoms with E-state index in [9.17, 15) is 4.39 Å². The molecule has 3 nitrogen and oxygen atoms in total. The van der Waals surface area contributed by atoms with E-state index in [0.717, 1.165) is 18.7 Å². The van der Waals surface area contributed by atoms with Gasteiger partial charge < -0.3 is 5.73 Å². The van der Waals surface area contributed by atoms with E-state index in [1.807, 2.05) is 0 Å². The van der Waals surface area contributed by atoms with Gasteiger partial charge in [-0.25, -0.2) is 4.39 Å². The number of amidine groups is 1. The smallest absolute Gasteiger partial charge is 0.123 e. The number of halogens is 1. The number of nitrogens with two attached hydrogens (primary N) is 1. The molecule has 2 unspecified atom stereocenters. The summed E-state index contributed by atoms with van der Waals surface area (Å²) in [4.78, 5) is 2.40. The molecule has 0 saturated carbocycles. The highest BCUT2D eigenvalue weighted by molar-refractivity contribution is 5.96. The molecule has 3 N–H and O–H groups in total. The fourth-order valence-corrected chi connectivity index (χ4v) is 2.76. The highest BCUT2D eigenvalue weighted by atomic mass is 19.1. The molecule has 1 heterocycles. The van der Waals surface area contributed by atoms with E-state index < -0.39 is 0 Å². The van der Waals surface area contributed by atoms with Crippen LogP contribution >= 0.6 is 0 Å². The maximum atomic E-state index is 13.3. The fourth-order valence-electron chi connectivity index (χ4n) is 2.76. The molecule has 19 heavy (non-hydrogen) atoms. The minimum atomic E-state index is -0.339. The lowest BCUT2D eigenvalue weighted by Gasteiger charge is -2.37. The van der Waals surface area contributed by atoms with E-state index in [4.69, 9.17) is 11.1 Å². The van der Waals surface area contributed by atoms with E-state index in [0.29, 0.717) is 17.5 Å². The molecule has 0 aliphatic carbocycles. The van der Waals surface area contributed by atoms with Crippen LogP contribution in [0.3, 0.4) is 0 Å². The topological polar surface area (TPSA) is 53.1 Å². The molecule has 4 heteroatoms. The second kappa shape index (κ2) is 5.70. The van der Waals surface area contributed by atoms with Gasteiger partial charge in [0.2, 0.25) is 0 Å². The van der Waals surface area contributed by atoms with Crippen molar-refractivity contribution in [2.75, 3.05) is 6.54 Å². The van der Waals surface area contributed by atoms with E-state index in [-0.39, 0.29) is 11.7 Å². The monoisotopic (exact) mass is 263 g/mol. The minimum Gasteiger partial charge on any atom is -0.384 e. The molecule has 2 rings (SSSR count). The lowest BCUT2D eigenvalue weighted by atomic mass is 9.94. The summed E-state index contributed by atoms with van der Waals surface area (Å²) >= 11 is 0. The van der Waals surface area contributed by atoms with E-state index in [1.165, 1.54) is 25.0 Å². The Morgan fingerprint density at radius 3 is 2.84 bits per heavy atom. The Hall–Kier alpha value is -1.42. The first kappa shape index (κ1) is 14.0. The largest absolute Gasteiger partial charge is 0.384 e. The summed E-state index contributed by atoms with van der Waals surface area (Å²) in [6.07, 6.45) is 2.46. The van der Waals surface area contributed by atoms with E-state index in [1.54, 1.807) is 6.07 Å². The number of nitrogens with zero attached hydrogens (tertiary/aromatic N) is 1. The number of hydrogen-bond donors (Lipinski definition) is 2. The lowest BCUT2D eigenvalue weighted by Crippen LogP contribution is -2.40. The molecular formula is C15H22FN3. The van der Waals surface area contributed by atoms with Crippen molar-refractivity contribution < 1.29 is 4.39 Å². The number of hydrogen-bond acceptors (Lipinski definition) is 2. The first-order chi connectivity index (χ1) is 8.97. The number of nitrogen functional groups attached to an aromatic ring is 1. The highest BCUT2D eigenvalue weighted by Gasteiger charge is 2.23. The summed E-state index contributed by atoms with van der Waals surface area (Å²) in [5.41, 5.74) is 7.01. The summed E-state index contributed by atoms with van der Waals surface area (Å²) in [5.74, 6) is 0.290. The van der Waals surface area contributed by atoms with Crippen molar-refractivity contribution in [3.05, 3.63) is 35.1 Å². The first-order valence-corrected chi connectivity index (χ1v) is 6.84. The quantitative estimate of drug-likeness (QED) is 0.651. The first-order valence-electron chi connectivity index (χ1n) is 6.84. The Bertz CT molecular complexity index is 472. The third-order valence-electron chi connectivity index (χ3n) is 3.98. The molecule has 0 radical (unpaired) electrons. The van der Waals surface area contributed by atoms with Crippen molar-refractivity contribution in [1.82, 2.24) is 4.90 Å². The van der Waals surface area contributed by atoms with Crippen LogP contribution in [0.25, 0.3) is 0 Å². The van der Waals surface area contributed by atoms with Crippen LogP contribution < -0.4 is 5.73 Å². The molecule has 0 bridgehead atoms. The molecule has 0 aromatic heterocycles. The molecule has 0 spiro atoms. The van der Waals surface area contributed by atoms with E-state index in [2.05, 4.69) is 18.7 Å². The highest BCUT2D eigenvalue weighted by Crippen LogP contribution is 2.24. The van der Waals surface area contributed by atoms with Crippen molar-refractivity contribution in [2.24, 2.45) is 11.7 Å². The Morgan fingerprint density at radius 1 is 1.42 bits per heavy atom. The number of nitrogens with one attached hydrogen (secondary N) is 1. The van der Waals surface area contributed by atoms with Crippen LogP contribution in [-0.4, -0.2) is 23.3 Å². The van der Waals surface area contributed by atoms with Gasteiger partial charge in [0.15, 0.2) is 0 Å². The molecule has 1 saturated heterocycles. The van der Waals surface area contributed by atoms with Gasteiger partial charge in [-0.1, -0.05) is 13.0 Å². The van der Waals surface area contributed by atoms with Crippen molar-refractivity contribution >= 4 is 5.84 Å². The van der Waals surface area contributed by atoms with Gasteiger partial charge in [0.05, 0.1) is 0 Å². The van der Waals surface area contributed by atoms with Crippen LogP contribution in [-0.2, 0) is 6.54 Å². The second-order valence-electron chi connectivity index (χ2n) is 5.68. The molecule has 0 amide bonds. The van der Waals surface area contributed by atoms with Gasteiger partial charge in [-0.15, -0.1) is 0 Å². The molecule has 1 aromatic rings. The van der Waals surface area contributed by atoms with Crippen LogP contribution in [0.5, 0.6) is 0 Å². The SMILES string of the molecule is CC1CCC(C)N(Cc2ccc(F)cc2C(=N)N)C1. The molecule has 2 atom stereocenters. The third-order valence-corrected chi connectivity index (χ3v) is 3.98. The van der Waals surface area contributed by atoms with Gasteiger partial charge in [-0.05, 0) is 43.4 Å². The maximum absolute atomic E-state index is 13.3. The fraction of sp³-hybridized carbons (Fsp3) is 0.533. The zero-order chi connectivity index (χ0) is 14.0. The van der Waals surface area contributed by atoms with Crippen LogP contribution in [0.15, 0.2) is 18.2 Å². The van der Waals surface area contributed by atoms with Crippen molar-refractivity contribution in [3.8, 4) is 0 Å². The standard InChI is InChI=1S/C15H22FN3/c1-10-3-4-11(2)19(8-10)9-12-5-6-13(16)7-14(12)15(17)18/h5-7,10-11H,3-4,8-9H2,1-2H3,(H3,17,18). The molecule has 1 aliphatic heterocycles. The number of piperidine rings is 1. The normalized spacial score (nSPS) is 24.4. The summed E-state index contributed by atoms with van der Waals surface area (Å²) in [6, 6.07) is 5.08. The van der Waals surface area contributed by atoms with Crippen LogP contribution in [0.1, 0.15) is 37.8 Å². The molecule has 104 valence electrons. The minimum absolute atomic E-state index is 0.0628. The number of likely N-dealkylation sites (tertiary alicyclic amines) is 1. The second-order valence-corrected chi connectivity index (χ2v) is 5.68. The van der Waals surface area contributed by atoms with Gasteiger partial charge in [0.25, 0.3) is 0 Å². The van der Waals surface area contributed by atoms with Crippen LogP contribution in [0.4, 0.5) is 4.39 Å². The summed E-state index contributed by atoms with van der Waals surface area (Å²) < 4.78 is 13.3. The average Bonchev–Trinajstić information content (AvgIpc) is 2.35. The summed E-state index contributed by atoms with van der Waals surface area (Å²) in [7, 11) is 0. The van der Waals surface area contributed by atoms with Gasteiger partial charge in [0, 0.05) is 24.7 Å².